The van der Waals surface area contributed by atoms with Crippen LogP contribution in [0.1, 0.15) is 20.8 Å². The highest BCUT2D eigenvalue weighted by Crippen LogP contribution is 2.50. The first-order valence-corrected chi connectivity index (χ1v) is 7.83. The maximum atomic E-state index is 11.8. The molecule has 0 rings (SSSR count). The third-order valence-corrected chi connectivity index (χ3v) is 4.35. The Morgan fingerprint density at radius 1 is 0.800 bits per heavy atom. The second-order valence-corrected chi connectivity index (χ2v) is 6.36. The van der Waals surface area contributed by atoms with E-state index in [-0.39, 0.29) is 22.6 Å². The molecule has 0 aliphatic heterocycles. The zero-order chi connectivity index (χ0) is 16.6. The van der Waals surface area contributed by atoms with Gasteiger partial charge in [-0.3, -0.25) is 0 Å². The molecule has 0 amide bonds. The molecule has 0 saturated heterocycles. The van der Waals surface area contributed by atoms with Gasteiger partial charge in [-0.05, 0) is 36.4 Å². The Bertz CT molecular complexity index is 236. The van der Waals surface area contributed by atoms with Crippen molar-refractivity contribution in [2.75, 3.05) is 19.4 Å². The summed E-state index contributed by atoms with van der Waals surface area (Å²) in [6.45, 7) is 7.59. The largest absolute Gasteiger partial charge is 0.441 e. The lowest BCUT2D eigenvalue weighted by Crippen LogP contribution is -2.47. The van der Waals surface area contributed by atoms with Crippen molar-refractivity contribution in [2.45, 2.75) is 36.8 Å². The molecule has 11 heteroatoms. The van der Waals surface area contributed by atoms with Gasteiger partial charge in [0.15, 0.2) is 8.38 Å². The van der Waals surface area contributed by atoms with E-state index in [2.05, 4.69) is 6.92 Å². The van der Waals surface area contributed by atoms with E-state index >= 15 is 0 Å². The summed E-state index contributed by atoms with van der Waals surface area (Å²) in [6.07, 6.45) is -10.9. The monoisotopic (exact) mass is 446 g/mol. The first-order valence-electron chi connectivity index (χ1n) is 5.39. The number of alkyl halides is 8. The summed E-state index contributed by atoms with van der Waals surface area (Å²) in [5.41, 5.74) is 0. The van der Waals surface area contributed by atoms with Crippen molar-refractivity contribution < 1.29 is 39.8 Å². The average molecular weight is 446 g/mol. The molecule has 0 aromatic rings. The van der Waals surface area contributed by atoms with Gasteiger partial charge in [-0.15, -0.1) is 0 Å². The van der Waals surface area contributed by atoms with Crippen LogP contribution in [-0.2, 0) is 9.05 Å². The molecule has 0 aliphatic rings. The van der Waals surface area contributed by atoms with Crippen LogP contribution in [0.2, 0.25) is 0 Å². The highest BCUT2D eigenvalue weighted by atomic mass is 127. The zero-order valence-corrected chi connectivity index (χ0v) is 14.0. The Morgan fingerprint density at radius 3 is 1.20 bits per heavy atom. The molecule has 0 aromatic heterocycles. The van der Waals surface area contributed by atoms with Crippen LogP contribution in [0.5, 0.6) is 0 Å². The van der Waals surface area contributed by atoms with Crippen LogP contribution < -0.4 is 0 Å². The first kappa shape index (κ1) is 22.9. The predicted molar refractivity (Wildman–Crippen MR) is 70.7 cm³/mol. The summed E-state index contributed by atoms with van der Waals surface area (Å²) in [4.78, 5) is 0. The zero-order valence-electron chi connectivity index (χ0n) is 10.9. The number of hydrogen-bond acceptors (Lipinski definition) is 2. The van der Waals surface area contributed by atoms with Crippen molar-refractivity contribution in [1.82, 2.24) is 0 Å². The highest BCUT2D eigenvalue weighted by Gasteiger charge is 2.71. The maximum absolute atomic E-state index is 11.8. The molecule has 0 bridgehead atoms. The van der Waals surface area contributed by atoms with Gasteiger partial charge in [-0.25, -0.2) is 4.39 Å². The van der Waals surface area contributed by atoms with E-state index < -0.39 is 24.4 Å². The summed E-state index contributed by atoms with van der Waals surface area (Å²) in [5.74, 6) is 0. The van der Waals surface area contributed by atoms with Crippen LogP contribution in [0.4, 0.5) is 30.7 Å². The molecule has 0 heterocycles. The van der Waals surface area contributed by atoms with E-state index in [4.69, 9.17) is 9.05 Å². The fourth-order valence-corrected chi connectivity index (χ4v) is 1.68. The van der Waals surface area contributed by atoms with Gasteiger partial charge in [0.2, 0.25) is 0 Å². The molecule has 0 unspecified atom stereocenters. The van der Waals surface area contributed by atoms with Crippen molar-refractivity contribution in [3.8, 4) is 0 Å². The van der Waals surface area contributed by atoms with Crippen molar-refractivity contribution in [1.29, 1.82) is 0 Å². The SMILES string of the molecule is CCOP(CC)OCC.FC(F)(F)C(F)(I)C(F)(F)F. The quantitative estimate of drug-likeness (QED) is 0.237. The van der Waals surface area contributed by atoms with Gasteiger partial charge >= 0.3 is 16.0 Å². The van der Waals surface area contributed by atoms with Gasteiger partial charge < -0.3 is 9.05 Å². The fraction of sp³-hybridized carbons (Fsp3) is 1.00. The van der Waals surface area contributed by atoms with Crippen molar-refractivity contribution in [3.05, 3.63) is 0 Å². The molecule has 0 spiro atoms. The summed E-state index contributed by atoms with van der Waals surface area (Å²) < 4.78 is 84.6. The lowest BCUT2D eigenvalue weighted by atomic mass is 10.4. The molecule has 0 aromatic carbocycles. The third kappa shape index (κ3) is 8.14. The van der Waals surface area contributed by atoms with Gasteiger partial charge in [-0.1, -0.05) is 6.92 Å². The standard InChI is InChI=1S/C6H15O2P.C3F7I/c1-4-7-9(6-3)8-5-2;4-1(11,2(5,6)7)3(8,9)10/h4-6H2,1-3H3;. The predicted octanol–water partition coefficient (Wildman–Crippen LogP) is 5.60. The van der Waals surface area contributed by atoms with Crippen molar-refractivity contribution >= 4 is 31.0 Å². The highest BCUT2D eigenvalue weighted by molar-refractivity contribution is 14.1. The molecule has 2 nitrogen and oxygen atoms in total. The van der Waals surface area contributed by atoms with Crippen LogP contribution >= 0.6 is 31.0 Å². The smallest absolute Gasteiger partial charge is 0.334 e. The number of rotatable bonds is 5. The average Bonchev–Trinajstić information content (AvgIpc) is 2.26. The molecule has 0 N–H and O–H groups in total. The fourth-order valence-electron chi connectivity index (χ4n) is 0.669. The molecule has 0 atom stereocenters. The Kier molecular flexibility index (Phi) is 10.9. The molecule has 124 valence electrons. The summed E-state index contributed by atoms with van der Waals surface area (Å²) >= 11 is -0.328. The van der Waals surface area contributed by atoms with Crippen LogP contribution in [-0.4, -0.2) is 35.4 Å². The Labute approximate surface area is 127 Å². The minimum absolute atomic E-state index is 0.328. The molecular weight excluding hydrogens is 431 g/mol. The normalized spacial score (nSPS) is 13.2. The summed E-state index contributed by atoms with van der Waals surface area (Å²) in [5, 5.41) is 0. The second-order valence-electron chi connectivity index (χ2n) is 3.05. The van der Waals surface area contributed by atoms with E-state index in [1.807, 2.05) is 13.8 Å². The minimum atomic E-state index is -5.92. The van der Waals surface area contributed by atoms with Gasteiger partial charge in [0.1, 0.15) is 0 Å². The minimum Gasteiger partial charge on any atom is -0.334 e. The van der Waals surface area contributed by atoms with Gasteiger partial charge in [0.05, 0.1) is 13.2 Å². The van der Waals surface area contributed by atoms with Crippen LogP contribution in [0.3, 0.4) is 0 Å². The lowest BCUT2D eigenvalue weighted by molar-refractivity contribution is -0.294. The van der Waals surface area contributed by atoms with Gasteiger partial charge in [0, 0.05) is 6.16 Å². The lowest BCUT2D eigenvalue weighted by Gasteiger charge is -2.23. The third-order valence-electron chi connectivity index (χ3n) is 1.52. The van der Waals surface area contributed by atoms with E-state index in [1.165, 1.54) is 0 Å². The van der Waals surface area contributed by atoms with E-state index in [0.29, 0.717) is 0 Å². The maximum Gasteiger partial charge on any atom is 0.441 e. The van der Waals surface area contributed by atoms with Crippen LogP contribution in [0, 0.1) is 0 Å². The van der Waals surface area contributed by atoms with Crippen molar-refractivity contribution in [2.24, 2.45) is 0 Å². The molecule has 0 aliphatic carbocycles. The first-order chi connectivity index (χ1) is 8.85. The molecule has 0 radical (unpaired) electrons. The Balaban J connectivity index is 0. The summed E-state index contributed by atoms with van der Waals surface area (Å²) in [6, 6.07) is 0. The Hall–Kier alpha value is 0.590. The Morgan fingerprint density at radius 2 is 1.10 bits per heavy atom. The van der Waals surface area contributed by atoms with Crippen LogP contribution in [0.15, 0.2) is 0 Å². The summed E-state index contributed by atoms with van der Waals surface area (Å²) in [7, 11) is -0.559. The number of halogens is 8. The molecule has 0 fully saturated rings. The van der Waals surface area contributed by atoms with E-state index in [0.717, 1.165) is 19.4 Å². The molecule has 20 heavy (non-hydrogen) atoms. The topological polar surface area (TPSA) is 18.5 Å². The van der Waals surface area contributed by atoms with Crippen molar-refractivity contribution in [3.63, 3.8) is 0 Å². The van der Waals surface area contributed by atoms with Crippen LogP contribution in [0.25, 0.3) is 0 Å². The van der Waals surface area contributed by atoms with Gasteiger partial charge in [0.25, 0.3) is 0 Å². The second kappa shape index (κ2) is 9.58. The van der Waals surface area contributed by atoms with E-state index in [9.17, 15) is 30.7 Å². The molecular formula is C9H15F7IO2P. The van der Waals surface area contributed by atoms with E-state index in [1.54, 1.807) is 0 Å². The number of hydrogen-bond donors (Lipinski definition) is 0. The molecule has 0 saturated carbocycles. The van der Waals surface area contributed by atoms with Gasteiger partial charge in [-0.2, -0.15) is 26.3 Å².